The summed E-state index contributed by atoms with van der Waals surface area (Å²) >= 11 is -0.0592. The third-order valence-electron chi connectivity index (χ3n) is 5.86. The van der Waals surface area contributed by atoms with Crippen LogP contribution in [0.4, 0.5) is 4.79 Å². The second kappa shape index (κ2) is 12.5. The zero-order valence-corrected chi connectivity index (χ0v) is 21.0. The molecule has 35 heavy (non-hydrogen) atoms. The molecule has 0 spiro atoms. The molecule has 1 aliphatic carbocycles. The van der Waals surface area contributed by atoms with E-state index in [1.807, 2.05) is 66.7 Å². The summed E-state index contributed by atoms with van der Waals surface area (Å²) in [5.74, 6) is -0.555. The molecule has 1 amide bonds. The van der Waals surface area contributed by atoms with Crippen LogP contribution in [-0.4, -0.2) is 44.3 Å². The first-order valence-corrected chi connectivity index (χ1v) is 13.6. The predicted molar refractivity (Wildman–Crippen MR) is 134 cm³/mol. The molecule has 0 radical (unpaired) electrons. The van der Waals surface area contributed by atoms with Gasteiger partial charge in [0.05, 0.1) is 0 Å². The normalized spacial score (nSPS) is 20.4. The van der Waals surface area contributed by atoms with Crippen LogP contribution < -0.4 is 9.78 Å². The molecule has 1 aliphatic rings. The first-order chi connectivity index (χ1) is 17.1. The van der Waals surface area contributed by atoms with Crippen LogP contribution in [0.3, 0.4) is 0 Å². The summed E-state index contributed by atoms with van der Waals surface area (Å²) in [5.41, 5.74) is 1.46. The number of carbonyl (C=O) groups excluding carboxylic acids is 2. The van der Waals surface area contributed by atoms with Crippen molar-refractivity contribution in [3.8, 4) is 0 Å². The number of carbonyl (C=O) groups is 2. The van der Waals surface area contributed by atoms with Gasteiger partial charge < -0.3 is 0 Å². The number of nitrogens with one attached hydrogen (secondary N) is 1. The first kappa shape index (κ1) is 25.0. The topological polar surface area (TPSA) is 84.9 Å². The Morgan fingerprint density at radius 3 is 2.23 bits per heavy atom. The van der Waals surface area contributed by atoms with E-state index < -0.39 is 30.3 Å². The molecule has 0 bridgehead atoms. The Kier molecular flexibility index (Phi) is 8.96. The van der Waals surface area contributed by atoms with Gasteiger partial charge in [0.25, 0.3) is 0 Å². The van der Waals surface area contributed by atoms with Crippen LogP contribution in [0.15, 0.2) is 91.0 Å². The van der Waals surface area contributed by atoms with E-state index in [1.54, 1.807) is 24.3 Å². The van der Waals surface area contributed by atoms with Gasteiger partial charge in [-0.25, -0.2) is 0 Å². The molecule has 2 N–H and O–H groups in total. The summed E-state index contributed by atoms with van der Waals surface area (Å²) in [6, 6.07) is 27.3. The SMILES string of the molecule is O=C(N[C@@H](C(=O)O[C@H]1CCC[C@H](O)[C@H]1[Se]c1ccccc1)c1ccccc1)OCc1ccccc1. The summed E-state index contributed by atoms with van der Waals surface area (Å²) < 4.78 is 12.5. The molecule has 1 saturated carbocycles. The number of esters is 1. The second-order valence-corrected chi connectivity index (χ2v) is 11.0. The van der Waals surface area contributed by atoms with Gasteiger partial charge in [0.2, 0.25) is 0 Å². The Bertz CT molecular complexity index is 1080. The van der Waals surface area contributed by atoms with Crippen LogP contribution in [-0.2, 0) is 20.9 Å². The fourth-order valence-electron chi connectivity index (χ4n) is 4.06. The molecular formula is C28H29NO5Se. The summed E-state index contributed by atoms with van der Waals surface area (Å²) in [7, 11) is 0. The van der Waals surface area contributed by atoms with Crippen LogP contribution in [0.2, 0.25) is 4.82 Å². The van der Waals surface area contributed by atoms with Crippen molar-refractivity contribution in [3.63, 3.8) is 0 Å². The zero-order valence-electron chi connectivity index (χ0n) is 19.3. The Morgan fingerprint density at radius 2 is 1.54 bits per heavy atom. The van der Waals surface area contributed by atoms with Crippen molar-refractivity contribution < 1.29 is 24.2 Å². The summed E-state index contributed by atoms with van der Waals surface area (Å²) in [4.78, 5) is 25.8. The molecule has 4 rings (SSSR count). The van der Waals surface area contributed by atoms with Gasteiger partial charge >= 0.3 is 206 Å². The van der Waals surface area contributed by atoms with Crippen LogP contribution in [0.1, 0.15) is 36.4 Å². The third kappa shape index (κ3) is 7.18. The Morgan fingerprint density at radius 1 is 0.914 bits per heavy atom. The van der Waals surface area contributed by atoms with E-state index in [-0.39, 0.29) is 26.4 Å². The fraction of sp³-hybridized carbons (Fsp3) is 0.286. The number of amides is 1. The van der Waals surface area contributed by atoms with Gasteiger partial charge in [-0.3, -0.25) is 0 Å². The average Bonchev–Trinajstić information content (AvgIpc) is 2.90. The number of aliphatic hydroxyl groups excluding tert-OH is 1. The van der Waals surface area contributed by atoms with Crippen molar-refractivity contribution in [2.45, 2.75) is 48.9 Å². The quantitative estimate of drug-likeness (QED) is 0.336. The Labute approximate surface area is 211 Å². The third-order valence-corrected chi connectivity index (χ3v) is 8.87. The van der Waals surface area contributed by atoms with E-state index in [2.05, 4.69) is 5.32 Å². The van der Waals surface area contributed by atoms with Crippen molar-refractivity contribution in [2.75, 3.05) is 0 Å². The van der Waals surface area contributed by atoms with Crippen LogP contribution in [0, 0.1) is 0 Å². The second-order valence-electron chi connectivity index (χ2n) is 8.42. The minimum absolute atomic E-state index is 0.0592. The van der Waals surface area contributed by atoms with E-state index in [4.69, 9.17) is 9.47 Å². The number of rotatable bonds is 8. The van der Waals surface area contributed by atoms with E-state index in [0.29, 0.717) is 18.4 Å². The minimum atomic E-state index is -1.01. The summed E-state index contributed by atoms with van der Waals surface area (Å²) in [5, 5.41) is 13.4. The van der Waals surface area contributed by atoms with Gasteiger partial charge in [-0.05, 0) is 0 Å². The number of alkyl carbamates (subject to hydrolysis) is 1. The molecule has 6 nitrogen and oxygen atoms in total. The maximum absolute atomic E-state index is 13.4. The van der Waals surface area contributed by atoms with Gasteiger partial charge in [0.15, 0.2) is 0 Å². The number of ether oxygens (including phenoxy) is 2. The van der Waals surface area contributed by atoms with Gasteiger partial charge in [-0.1, -0.05) is 6.07 Å². The average molecular weight is 539 g/mol. The van der Waals surface area contributed by atoms with E-state index >= 15 is 0 Å². The van der Waals surface area contributed by atoms with E-state index in [0.717, 1.165) is 16.4 Å². The zero-order chi connectivity index (χ0) is 24.5. The van der Waals surface area contributed by atoms with E-state index in [1.165, 1.54) is 0 Å². The number of hydrogen-bond donors (Lipinski definition) is 2. The Hall–Kier alpha value is -3.12. The molecule has 3 aromatic carbocycles. The summed E-state index contributed by atoms with van der Waals surface area (Å²) in [6.07, 6.45) is 0.513. The molecule has 182 valence electrons. The number of hydrogen-bond acceptors (Lipinski definition) is 5. The molecule has 0 saturated heterocycles. The summed E-state index contributed by atoms with van der Waals surface area (Å²) in [6.45, 7) is 0.0969. The van der Waals surface area contributed by atoms with Crippen molar-refractivity contribution in [1.29, 1.82) is 0 Å². The van der Waals surface area contributed by atoms with Gasteiger partial charge in [-0.2, -0.15) is 0 Å². The van der Waals surface area contributed by atoms with Crippen molar-refractivity contribution >= 4 is 31.5 Å². The van der Waals surface area contributed by atoms with Crippen LogP contribution in [0.5, 0.6) is 0 Å². The molecular weight excluding hydrogens is 509 g/mol. The monoisotopic (exact) mass is 539 g/mol. The predicted octanol–water partition coefficient (Wildman–Crippen LogP) is 3.93. The first-order valence-electron chi connectivity index (χ1n) is 11.7. The standard InChI is InChI=1S/C28H29NO5Se/c30-23-17-10-18-24(26(23)35-22-15-8-3-9-16-22)34-27(31)25(21-13-6-2-7-14-21)29-28(32)33-19-20-11-4-1-5-12-20/h1-9,11-16,23-26,30H,10,17-19H2,(H,29,32)/t23-,24-,25+,26+/m0/s1. The molecule has 1 fully saturated rings. The molecule has 0 aromatic heterocycles. The molecule has 0 aliphatic heterocycles. The van der Waals surface area contributed by atoms with Crippen LogP contribution in [0.25, 0.3) is 0 Å². The van der Waals surface area contributed by atoms with Crippen molar-refractivity contribution in [2.24, 2.45) is 0 Å². The van der Waals surface area contributed by atoms with Gasteiger partial charge in [0.1, 0.15) is 0 Å². The van der Waals surface area contributed by atoms with Crippen molar-refractivity contribution in [3.05, 3.63) is 102 Å². The van der Waals surface area contributed by atoms with E-state index in [9.17, 15) is 14.7 Å². The van der Waals surface area contributed by atoms with Gasteiger partial charge in [0, 0.05) is 0 Å². The van der Waals surface area contributed by atoms with Crippen molar-refractivity contribution in [1.82, 2.24) is 5.32 Å². The molecule has 0 heterocycles. The molecule has 7 heteroatoms. The fourth-order valence-corrected chi connectivity index (χ4v) is 6.72. The van der Waals surface area contributed by atoms with Crippen LogP contribution >= 0.6 is 0 Å². The molecule has 0 unspecified atom stereocenters. The maximum atomic E-state index is 13.4. The molecule has 3 aromatic rings. The Balaban J connectivity index is 1.45. The number of benzene rings is 3. The number of aliphatic hydroxyl groups is 1. The van der Waals surface area contributed by atoms with Gasteiger partial charge in [-0.15, -0.1) is 0 Å². The molecule has 4 atom stereocenters.